The molecule has 0 aromatic carbocycles. The third-order valence-corrected chi connectivity index (χ3v) is 5.74. The van der Waals surface area contributed by atoms with Crippen LogP contribution in [0.25, 0.3) is 0 Å². The summed E-state index contributed by atoms with van der Waals surface area (Å²) in [4.78, 5) is 23.5. The normalized spacial score (nSPS) is 13.0. The lowest BCUT2D eigenvalue weighted by atomic mass is 10.1. The van der Waals surface area contributed by atoms with E-state index in [1.807, 2.05) is 0 Å². The first kappa shape index (κ1) is 26.8. The molecule has 0 aliphatic carbocycles. The molecule has 1 atom stereocenters. The Morgan fingerprint density at radius 2 is 1.74 bits per heavy atom. The lowest BCUT2D eigenvalue weighted by molar-refractivity contribution is -0.141. The van der Waals surface area contributed by atoms with Gasteiger partial charge in [0, 0.05) is 24.3 Å². The molecule has 0 radical (unpaired) electrons. The number of nitrogens with one attached hydrogen (secondary N) is 1. The summed E-state index contributed by atoms with van der Waals surface area (Å²) in [5.74, 6) is 0.516. The van der Waals surface area contributed by atoms with Gasteiger partial charge in [0.05, 0.1) is 6.26 Å². The third kappa shape index (κ3) is 13.7. The molecule has 2 N–H and O–H groups in total. The second kappa shape index (κ2) is 15.6. The quantitative estimate of drug-likeness (QED) is 0.257. The van der Waals surface area contributed by atoms with Gasteiger partial charge in [0.2, 0.25) is 5.91 Å². The number of amides is 1. The molecule has 0 unspecified atom stereocenters. The van der Waals surface area contributed by atoms with E-state index < -0.39 is 12.0 Å². The van der Waals surface area contributed by atoms with Crippen molar-refractivity contribution in [1.29, 1.82) is 0 Å². The van der Waals surface area contributed by atoms with E-state index in [0.717, 1.165) is 37.2 Å². The molecule has 172 valence electrons. The molecular weight excluding hydrogens is 410 g/mol. The van der Waals surface area contributed by atoms with E-state index in [-0.39, 0.29) is 12.3 Å². The lowest BCUT2D eigenvalue weighted by Gasteiger charge is -2.13. The molecule has 0 fully saturated rings. The van der Waals surface area contributed by atoms with Crippen molar-refractivity contribution >= 4 is 23.6 Å². The SMILES string of the molecule is CC(C)=CCCC(C)=CCCC(C)=CCSC[C@H](NC(=O)CCc1ccco1)C(=O)O. The second-order valence-electron chi connectivity index (χ2n) is 8.03. The second-order valence-corrected chi connectivity index (χ2v) is 9.11. The Morgan fingerprint density at radius 1 is 1.06 bits per heavy atom. The Labute approximate surface area is 191 Å². The Balaban J connectivity index is 2.28. The van der Waals surface area contributed by atoms with Crippen LogP contribution in [0.2, 0.25) is 0 Å². The van der Waals surface area contributed by atoms with Crippen molar-refractivity contribution in [3.8, 4) is 0 Å². The highest BCUT2D eigenvalue weighted by Crippen LogP contribution is 2.13. The van der Waals surface area contributed by atoms with E-state index in [1.54, 1.807) is 18.4 Å². The summed E-state index contributed by atoms with van der Waals surface area (Å²) in [7, 11) is 0. The number of furan rings is 1. The molecule has 6 heteroatoms. The zero-order valence-electron chi connectivity index (χ0n) is 19.3. The van der Waals surface area contributed by atoms with Gasteiger partial charge in [-0.15, -0.1) is 0 Å². The first-order valence-electron chi connectivity index (χ1n) is 10.8. The monoisotopic (exact) mass is 447 g/mol. The molecule has 0 saturated heterocycles. The largest absolute Gasteiger partial charge is 0.480 e. The van der Waals surface area contributed by atoms with Gasteiger partial charge in [-0.2, -0.15) is 11.8 Å². The van der Waals surface area contributed by atoms with Crippen LogP contribution in [0.5, 0.6) is 0 Å². The van der Waals surface area contributed by atoms with E-state index in [4.69, 9.17) is 4.42 Å². The molecule has 0 aliphatic rings. The van der Waals surface area contributed by atoms with Crippen LogP contribution in [0.15, 0.2) is 57.8 Å². The average Bonchev–Trinajstić information content (AvgIpc) is 3.22. The molecule has 0 aliphatic heterocycles. The van der Waals surface area contributed by atoms with Crippen LogP contribution in [0.3, 0.4) is 0 Å². The van der Waals surface area contributed by atoms with Gasteiger partial charge in [-0.05, 0) is 65.5 Å². The number of aryl methyl sites for hydroxylation is 1. The number of carboxylic acids is 1. The molecule has 5 nitrogen and oxygen atoms in total. The number of carboxylic acid groups (broad SMARTS) is 1. The summed E-state index contributed by atoms with van der Waals surface area (Å²) in [5, 5.41) is 12.0. The molecule has 0 bridgehead atoms. The minimum atomic E-state index is -1.01. The van der Waals surface area contributed by atoms with Gasteiger partial charge in [0.15, 0.2) is 0 Å². The van der Waals surface area contributed by atoms with E-state index >= 15 is 0 Å². The van der Waals surface area contributed by atoms with Gasteiger partial charge >= 0.3 is 5.97 Å². The summed E-state index contributed by atoms with van der Waals surface area (Å²) in [6.07, 6.45) is 13.2. The number of aliphatic carboxylic acids is 1. The maximum Gasteiger partial charge on any atom is 0.327 e. The van der Waals surface area contributed by atoms with Crippen LogP contribution in [0, 0.1) is 0 Å². The summed E-state index contributed by atoms with van der Waals surface area (Å²) in [6.45, 7) is 8.54. The average molecular weight is 448 g/mol. The number of hydrogen-bond acceptors (Lipinski definition) is 4. The van der Waals surface area contributed by atoms with Crippen LogP contribution in [0.1, 0.15) is 65.6 Å². The van der Waals surface area contributed by atoms with E-state index in [9.17, 15) is 14.7 Å². The number of carbonyl (C=O) groups excluding carboxylic acids is 1. The van der Waals surface area contributed by atoms with Crippen LogP contribution in [0.4, 0.5) is 0 Å². The van der Waals surface area contributed by atoms with Crippen molar-refractivity contribution in [1.82, 2.24) is 5.32 Å². The van der Waals surface area contributed by atoms with Crippen LogP contribution >= 0.6 is 11.8 Å². The number of carbonyl (C=O) groups is 2. The molecule has 1 heterocycles. The van der Waals surface area contributed by atoms with Gasteiger partial charge in [-0.25, -0.2) is 4.79 Å². The Bertz CT molecular complexity index is 758. The summed E-state index contributed by atoms with van der Waals surface area (Å²) in [6, 6.07) is 2.69. The summed E-state index contributed by atoms with van der Waals surface area (Å²) < 4.78 is 5.19. The minimum Gasteiger partial charge on any atom is -0.480 e. The number of thioether (sulfide) groups is 1. The van der Waals surface area contributed by atoms with Gasteiger partial charge in [-0.1, -0.05) is 34.9 Å². The van der Waals surface area contributed by atoms with Crippen molar-refractivity contribution in [2.45, 2.75) is 72.3 Å². The molecule has 1 rings (SSSR count). The smallest absolute Gasteiger partial charge is 0.327 e. The lowest BCUT2D eigenvalue weighted by Crippen LogP contribution is -2.42. The van der Waals surface area contributed by atoms with Crippen LogP contribution < -0.4 is 5.32 Å². The van der Waals surface area contributed by atoms with Gasteiger partial charge in [-0.3, -0.25) is 4.79 Å². The Hall–Kier alpha value is -2.21. The molecule has 31 heavy (non-hydrogen) atoms. The number of rotatable bonds is 15. The minimum absolute atomic E-state index is 0.211. The van der Waals surface area contributed by atoms with Crippen molar-refractivity contribution in [3.05, 3.63) is 59.1 Å². The fraction of sp³-hybridized carbons (Fsp3) is 0.520. The number of hydrogen-bond donors (Lipinski definition) is 2. The van der Waals surface area contributed by atoms with Gasteiger partial charge < -0.3 is 14.8 Å². The van der Waals surface area contributed by atoms with E-state index in [1.165, 1.54) is 28.5 Å². The van der Waals surface area contributed by atoms with E-state index in [0.29, 0.717) is 12.2 Å². The van der Waals surface area contributed by atoms with Gasteiger partial charge in [0.25, 0.3) is 0 Å². The molecule has 0 saturated carbocycles. The maximum absolute atomic E-state index is 12.0. The number of allylic oxidation sites excluding steroid dienone is 5. The summed E-state index contributed by atoms with van der Waals surface area (Å²) >= 11 is 1.52. The van der Waals surface area contributed by atoms with Crippen LogP contribution in [-0.2, 0) is 16.0 Å². The maximum atomic E-state index is 12.0. The zero-order chi connectivity index (χ0) is 23.1. The Kier molecular flexibility index (Phi) is 13.5. The third-order valence-electron chi connectivity index (χ3n) is 4.77. The molecule has 0 spiro atoms. The van der Waals surface area contributed by atoms with Crippen molar-refractivity contribution in [3.63, 3.8) is 0 Å². The van der Waals surface area contributed by atoms with Crippen molar-refractivity contribution < 1.29 is 19.1 Å². The predicted octanol–water partition coefficient (Wildman–Crippen LogP) is 5.93. The van der Waals surface area contributed by atoms with Crippen molar-refractivity contribution in [2.75, 3.05) is 11.5 Å². The van der Waals surface area contributed by atoms with Crippen LogP contribution in [-0.4, -0.2) is 34.5 Å². The highest BCUT2D eigenvalue weighted by Gasteiger charge is 2.19. The standard InChI is InChI=1S/C25H37NO4S/c1-19(2)8-5-9-20(3)10-6-11-21(4)15-17-31-18-23(25(28)29)26-24(27)14-13-22-12-7-16-30-22/h7-8,10,12,15-16,23H,5-6,9,11,13-14,17-18H2,1-4H3,(H,26,27)(H,28,29)/t23-/m0/s1. The zero-order valence-corrected chi connectivity index (χ0v) is 20.1. The highest BCUT2D eigenvalue weighted by atomic mass is 32.2. The first-order valence-corrected chi connectivity index (χ1v) is 12.0. The Morgan fingerprint density at radius 3 is 2.35 bits per heavy atom. The van der Waals surface area contributed by atoms with Gasteiger partial charge in [0.1, 0.15) is 11.8 Å². The fourth-order valence-electron chi connectivity index (χ4n) is 2.86. The van der Waals surface area contributed by atoms with Crippen molar-refractivity contribution in [2.24, 2.45) is 0 Å². The summed E-state index contributed by atoms with van der Waals surface area (Å²) in [5.41, 5.74) is 4.09. The highest BCUT2D eigenvalue weighted by molar-refractivity contribution is 7.99. The molecule has 1 aromatic heterocycles. The fourth-order valence-corrected chi connectivity index (χ4v) is 3.86. The molecular formula is C25H37NO4S. The molecule has 1 aromatic rings. The molecule has 1 amide bonds. The van der Waals surface area contributed by atoms with E-state index in [2.05, 4.69) is 51.2 Å². The predicted molar refractivity (Wildman–Crippen MR) is 129 cm³/mol. The first-order chi connectivity index (χ1) is 14.8. The topological polar surface area (TPSA) is 79.5 Å².